The van der Waals surface area contributed by atoms with Gasteiger partial charge in [0.25, 0.3) is 5.91 Å². The molecule has 0 aromatic heterocycles. The van der Waals surface area contributed by atoms with Crippen molar-refractivity contribution in [2.24, 2.45) is 0 Å². The van der Waals surface area contributed by atoms with Crippen LogP contribution in [0.2, 0.25) is 5.02 Å². The molecule has 0 atom stereocenters. The van der Waals surface area contributed by atoms with Crippen LogP contribution in [0.4, 0.5) is 4.79 Å². The molecule has 1 rings (SSSR count). The van der Waals surface area contributed by atoms with E-state index in [9.17, 15) is 14.4 Å². The van der Waals surface area contributed by atoms with Crippen LogP contribution in [0.1, 0.15) is 24.2 Å². The summed E-state index contributed by atoms with van der Waals surface area (Å²) in [5, 5.41) is 13.8. The van der Waals surface area contributed by atoms with Gasteiger partial charge in [-0.2, -0.15) is 0 Å². The van der Waals surface area contributed by atoms with Gasteiger partial charge in [0.1, 0.15) is 11.3 Å². The van der Waals surface area contributed by atoms with E-state index in [1.807, 2.05) is 0 Å². The third-order valence-corrected chi connectivity index (χ3v) is 2.44. The van der Waals surface area contributed by atoms with Crippen LogP contribution in [0.25, 0.3) is 0 Å². The summed E-state index contributed by atoms with van der Waals surface area (Å²) in [5.74, 6) is -1.93. The summed E-state index contributed by atoms with van der Waals surface area (Å²) in [6.07, 6.45) is 0. The smallest absolute Gasteiger partial charge is 0.339 e. The number of carbonyl (C=O) groups excluding carboxylic acids is 2. The number of amides is 3. The van der Waals surface area contributed by atoms with Gasteiger partial charge < -0.3 is 15.2 Å². The van der Waals surface area contributed by atoms with Crippen LogP contribution < -0.4 is 15.4 Å². The van der Waals surface area contributed by atoms with Crippen molar-refractivity contribution in [3.63, 3.8) is 0 Å². The molecular formula is C13H15ClN2O5. The SMILES string of the molecule is CC(C)NC(=O)NC(=O)COc1ccc(Cl)cc1C(=O)O. The van der Waals surface area contributed by atoms with Crippen LogP contribution in [0.5, 0.6) is 5.75 Å². The van der Waals surface area contributed by atoms with Gasteiger partial charge in [-0.15, -0.1) is 0 Å². The number of carboxylic acid groups (broad SMARTS) is 1. The van der Waals surface area contributed by atoms with Crippen LogP contribution in [0, 0.1) is 0 Å². The first-order chi connectivity index (χ1) is 9.79. The molecule has 0 unspecified atom stereocenters. The second kappa shape index (κ2) is 7.49. The number of aromatic carboxylic acids is 1. The highest BCUT2D eigenvalue weighted by atomic mass is 35.5. The highest BCUT2D eigenvalue weighted by Gasteiger charge is 2.14. The second-order valence-corrected chi connectivity index (χ2v) is 4.85. The highest BCUT2D eigenvalue weighted by molar-refractivity contribution is 6.31. The summed E-state index contributed by atoms with van der Waals surface area (Å²) in [6, 6.07) is 3.23. The van der Waals surface area contributed by atoms with E-state index in [1.165, 1.54) is 18.2 Å². The van der Waals surface area contributed by atoms with Crippen molar-refractivity contribution in [2.45, 2.75) is 19.9 Å². The number of hydrogen-bond acceptors (Lipinski definition) is 4. The maximum Gasteiger partial charge on any atom is 0.339 e. The minimum absolute atomic E-state index is 0.00804. The fraction of sp³-hybridized carbons (Fsp3) is 0.308. The molecule has 114 valence electrons. The van der Waals surface area contributed by atoms with Crippen molar-refractivity contribution in [3.05, 3.63) is 28.8 Å². The number of halogens is 1. The minimum atomic E-state index is -1.23. The van der Waals surface area contributed by atoms with Crippen molar-refractivity contribution in [1.82, 2.24) is 10.6 Å². The summed E-state index contributed by atoms with van der Waals surface area (Å²) >= 11 is 5.69. The van der Waals surface area contributed by atoms with Gasteiger partial charge in [-0.25, -0.2) is 9.59 Å². The Labute approximate surface area is 126 Å². The van der Waals surface area contributed by atoms with Gasteiger partial charge in [-0.3, -0.25) is 10.1 Å². The van der Waals surface area contributed by atoms with E-state index in [0.29, 0.717) is 0 Å². The van der Waals surface area contributed by atoms with Gasteiger partial charge in [0.05, 0.1) is 0 Å². The Bertz CT molecular complexity index is 559. The molecule has 1 aromatic carbocycles. The predicted octanol–water partition coefficient (Wildman–Crippen LogP) is 1.65. The molecule has 3 amide bonds. The van der Waals surface area contributed by atoms with Crippen LogP contribution in [-0.2, 0) is 4.79 Å². The molecule has 3 N–H and O–H groups in total. The van der Waals surface area contributed by atoms with E-state index in [4.69, 9.17) is 21.4 Å². The fourth-order valence-electron chi connectivity index (χ4n) is 1.40. The zero-order chi connectivity index (χ0) is 16.0. The number of ether oxygens (including phenoxy) is 1. The lowest BCUT2D eigenvalue weighted by atomic mass is 10.2. The largest absolute Gasteiger partial charge is 0.483 e. The van der Waals surface area contributed by atoms with E-state index in [1.54, 1.807) is 13.8 Å². The minimum Gasteiger partial charge on any atom is -0.483 e. The molecule has 0 spiro atoms. The van der Waals surface area contributed by atoms with E-state index in [0.717, 1.165) is 0 Å². The summed E-state index contributed by atoms with van der Waals surface area (Å²) in [5.41, 5.74) is -0.165. The third kappa shape index (κ3) is 5.70. The number of urea groups is 1. The summed E-state index contributed by atoms with van der Waals surface area (Å²) < 4.78 is 5.09. The Morgan fingerprint density at radius 3 is 2.57 bits per heavy atom. The van der Waals surface area contributed by atoms with Crippen LogP contribution in [0.15, 0.2) is 18.2 Å². The molecule has 0 saturated carbocycles. The Morgan fingerprint density at radius 2 is 2.00 bits per heavy atom. The Hall–Kier alpha value is -2.28. The standard InChI is InChI=1S/C13H15ClN2O5/c1-7(2)15-13(20)16-11(17)6-21-10-4-3-8(14)5-9(10)12(18)19/h3-5,7H,6H2,1-2H3,(H,18,19)(H2,15,16,17,20). The number of hydrogen-bond donors (Lipinski definition) is 3. The van der Waals surface area contributed by atoms with Crippen molar-refractivity contribution in [2.75, 3.05) is 6.61 Å². The van der Waals surface area contributed by atoms with Gasteiger partial charge in [0, 0.05) is 11.1 Å². The summed E-state index contributed by atoms with van der Waals surface area (Å²) in [7, 11) is 0. The molecule has 0 aliphatic rings. The van der Waals surface area contributed by atoms with Gasteiger partial charge in [-0.1, -0.05) is 11.6 Å². The molecule has 0 saturated heterocycles. The number of imide groups is 1. The third-order valence-electron chi connectivity index (χ3n) is 2.20. The quantitative estimate of drug-likeness (QED) is 0.766. The summed E-state index contributed by atoms with van der Waals surface area (Å²) in [4.78, 5) is 33.8. The second-order valence-electron chi connectivity index (χ2n) is 4.41. The molecule has 8 heteroatoms. The zero-order valence-electron chi connectivity index (χ0n) is 11.5. The lowest BCUT2D eigenvalue weighted by molar-refractivity contribution is -0.122. The van der Waals surface area contributed by atoms with Crippen molar-refractivity contribution < 1.29 is 24.2 Å². The monoisotopic (exact) mass is 314 g/mol. The van der Waals surface area contributed by atoms with Gasteiger partial charge in [0.15, 0.2) is 6.61 Å². The summed E-state index contributed by atoms with van der Waals surface area (Å²) in [6.45, 7) is 2.99. The Balaban J connectivity index is 2.61. The number of carbonyl (C=O) groups is 3. The van der Waals surface area contributed by atoms with Crippen LogP contribution in [-0.4, -0.2) is 35.7 Å². The number of rotatable bonds is 5. The number of nitrogens with one attached hydrogen (secondary N) is 2. The normalized spacial score (nSPS) is 10.1. The molecule has 0 bridgehead atoms. The van der Waals surface area contributed by atoms with E-state index >= 15 is 0 Å². The Kier molecular flexibility index (Phi) is 5.98. The molecule has 1 aromatic rings. The van der Waals surface area contributed by atoms with Crippen molar-refractivity contribution in [1.29, 1.82) is 0 Å². The highest BCUT2D eigenvalue weighted by Crippen LogP contribution is 2.22. The molecular weight excluding hydrogens is 300 g/mol. The van der Waals surface area contributed by atoms with Crippen LogP contribution in [0.3, 0.4) is 0 Å². The van der Waals surface area contributed by atoms with Gasteiger partial charge in [0.2, 0.25) is 0 Å². The average Bonchev–Trinajstić information content (AvgIpc) is 2.35. The van der Waals surface area contributed by atoms with Crippen molar-refractivity contribution in [3.8, 4) is 5.75 Å². The molecule has 7 nitrogen and oxygen atoms in total. The molecule has 0 heterocycles. The first-order valence-corrected chi connectivity index (χ1v) is 6.43. The first kappa shape index (κ1) is 16.8. The van der Waals surface area contributed by atoms with E-state index < -0.39 is 24.5 Å². The fourth-order valence-corrected chi connectivity index (χ4v) is 1.57. The average molecular weight is 315 g/mol. The Morgan fingerprint density at radius 1 is 1.33 bits per heavy atom. The topological polar surface area (TPSA) is 105 Å². The van der Waals surface area contributed by atoms with Crippen LogP contribution >= 0.6 is 11.6 Å². The first-order valence-electron chi connectivity index (χ1n) is 6.05. The molecule has 0 radical (unpaired) electrons. The zero-order valence-corrected chi connectivity index (χ0v) is 12.2. The molecule has 0 aliphatic carbocycles. The molecule has 21 heavy (non-hydrogen) atoms. The molecule has 0 aliphatic heterocycles. The number of carboxylic acids is 1. The molecule has 0 fully saturated rings. The number of benzene rings is 1. The van der Waals surface area contributed by atoms with E-state index in [-0.39, 0.29) is 22.4 Å². The maximum absolute atomic E-state index is 11.5. The van der Waals surface area contributed by atoms with Gasteiger partial charge in [-0.05, 0) is 32.0 Å². The van der Waals surface area contributed by atoms with E-state index in [2.05, 4.69) is 10.6 Å². The maximum atomic E-state index is 11.5. The lowest BCUT2D eigenvalue weighted by Crippen LogP contribution is -2.44. The van der Waals surface area contributed by atoms with Gasteiger partial charge >= 0.3 is 12.0 Å². The predicted molar refractivity (Wildman–Crippen MR) is 75.7 cm³/mol. The van der Waals surface area contributed by atoms with Crippen molar-refractivity contribution >= 4 is 29.5 Å². The lowest BCUT2D eigenvalue weighted by Gasteiger charge is -2.11.